The standard InChI is InChI=1S/C14H17NO3/c1-9(16)15-13(14(17)18)8-11-4-2-3-5-12(11)10-6-7-10/h2-5,10,13H,6-8H2,1H3,(H,15,16)(H,17,18). The van der Waals surface area contributed by atoms with Crippen LogP contribution in [0.3, 0.4) is 0 Å². The SMILES string of the molecule is CC(=O)NC(Cc1ccccc1C1CC1)C(=O)O. The predicted molar refractivity (Wildman–Crippen MR) is 67.4 cm³/mol. The molecule has 1 aliphatic rings. The zero-order valence-electron chi connectivity index (χ0n) is 10.3. The van der Waals surface area contributed by atoms with Gasteiger partial charge in [-0.1, -0.05) is 24.3 Å². The Morgan fingerprint density at radius 1 is 1.39 bits per heavy atom. The minimum atomic E-state index is -0.990. The molecule has 0 spiro atoms. The Morgan fingerprint density at radius 3 is 2.61 bits per heavy atom. The third kappa shape index (κ3) is 3.09. The van der Waals surface area contributed by atoms with E-state index in [4.69, 9.17) is 5.11 Å². The predicted octanol–water partition coefficient (Wildman–Crippen LogP) is 1.70. The van der Waals surface area contributed by atoms with Gasteiger partial charge >= 0.3 is 5.97 Å². The molecular formula is C14H17NO3. The average molecular weight is 247 g/mol. The molecule has 0 radical (unpaired) electrons. The van der Waals surface area contributed by atoms with Gasteiger partial charge in [0.1, 0.15) is 6.04 Å². The van der Waals surface area contributed by atoms with E-state index in [0.717, 1.165) is 5.56 Å². The molecule has 0 aliphatic heterocycles. The molecule has 1 amide bonds. The van der Waals surface area contributed by atoms with Gasteiger partial charge in [-0.25, -0.2) is 4.79 Å². The molecule has 1 aromatic carbocycles. The fourth-order valence-electron chi connectivity index (χ4n) is 2.18. The van der Waals surface area contributed by atoms with Crippen LogP contribution in [0, 0.1) is 0 Å². The summed E-state index contributed by atoms with van der Waals surface area (Å²) in [6, 6.07) is 7.05. The lowest BCUT2D eigenvalue weighted by Crippen LogP contribution is -2.41. The molecule has 2 rings (SSSR count). The highest BCUT2D eigenvalue weighted by molar-refractivity contribution is 5.82. The molecule has 1 unspecified atom stereocenters. The van der Waals surface area contributed by atoms with Gasteiger partial charge in [0.2, 0.25) is 5.91 Å². The van der Waals surface area contributed by atoms with Crippen molar-refractivity contribution >= 4 is 11.9 Å². The number of hydrogen-bond acceptors (Lipinski definition) is 2. The number of carboxylic acid groups (broad SMARTS) is 1. The summed E-state index contributed by atoms with van der Waals surface area (Å²) in [7, 11) is 0. The van der Waals surface area contributed by atoms with Crippen molar-refractivity contribution in [2.45, 2.75) is 38.1 Å². The first-order chi connectivity index (χ1) is 8.58. The van der Waals surface area contributed by atoms with E-state index < -0.39 is 12.0 Å². The number of carbonyl (C=O) groups excluding carboxylic acids is 1. The van der Waals surface area contributed by atoms with Crippen molar-refractivity contribution < 1.29 is 14.7 Å². The van der Waals surface area contributed by atoms with Crippen molar-refractivity contribution in [1.82, 2.24) is 5.32 Å². The second-order valence-electron chi connectivity index (χ2n) is 4.77. The van der Waals surface area contributed by atoms with E-state index in [9.17, 15) is 9.59 Å². The van der Waals surface area contributed by atoms with Crippen molar-refractivity contribution in [2.24, 2.45) is 0 Å². The number of carbonyl (C=O) groups is 2. The van der Waals surface area contributed by atoms with Crippen LogP contribution in [0.25, 0.3) is 0 Å². The summed E-state index contributed by atoms with van der Waals surface area (Å²) in [6.45, 7) is 1.34. The lowest BCUT2D eigenvalue weighted by atomic mass is 9.97. The number of benzene rings is 1. The highest BCUT2D eigenvalue weighted by atomic mass is 16.4. The van der Waals surface area contributed by atoms with Crippen LogP contribution in [0.1, 0.15) is 36.8 Å². The van der Waals surface area contributed by atoms with E-state index in [0.29, 0.717) is 12.3 Å². The van der Waals surface area contributed by atoms with Gasteiger partial charge in [-0.15, -0.1) is 0 Å². The monoisotopic (exact) mass is 247 g/mol. The zero-order valence-corrected chi connectivity index (χ0v) is 10.3. The van der Waals surface area contributed by atoms with Crippen LogP contribution in [0.5, 0.6) is 0 Å². The van der Waals surface area contributed by atoms with E-state index in [-0.39, 0.29) is 5.91 Å². The van der Waals surface area contributed by atoms with Crippen LogP contribution in [0.15, 0.2) is 24.3 Å². The van der Waals surface area contributed by atoms with Crippen LogP contribution < -0.4 is 5.32 Å². The second kappa shape index (κ2) is 5.21. The first-order valence-electron chi connectivity index (χ1n) is 6.15. The Hall–Kier alpha value is -1.84. The molecule has 1 aromatic rings. The lowest BCUT2D eigenvalue weighted by molar-refractivity contribution is -0.141. The first-order valence-corrected chi connectivity index (χ1v) is 6.15. The largest absolute Gasteiger partial charge is 0.480 e. The second-order valence-corrected chi connectivity index (χ2v) is 4.77. The smallest absolute Gasteiger partial charge is 0.326 e. The van der Waals surface area contributed by atoms with Gasteiger partial charge in [-0.3, -0.25) is 4.79 Å². The molecule has 1 fully saturated rings. The van der Waals surface area contributed by atoms with Crippen LogP contribution in [0.2, 0.25) is 0 Å². The first kappa shape index (κ1) is 12.6. The Labute approximate surface area is 106 Å². The maximum absolute atomic E-state index is 11.1. The van der Waals surface area contributed by atoms with Gasteiger partial charge in [0, 0.05) is 13.3 Å². The molecule has 0 aromatic heterocycles. The van der Waals surface area contributed by atoms with Crippen molar-refractivity contribution in [3.05, 3.63) is 35.4 Å². The molecule has 4 heteroatoms. The zero-order chi connectivity index (χ0) is 13.1. The third-order valence-corrected chi connectivity index (χ3v) is 3.17. The topological polar surface area (TPSA) is 66.4 Å². The van der Waals surface area contributed by atoms with Gasteiger partial charge in [-0.2, -0.15) is 0 Å². The Kier molecular flexibility index (Phi) is 3.65. The van der Waals surface area contributed by atoms with Crippen molar-refractivity contribution in [3.8, 4) is 0 Å². The molecule has 1 aliphatic carbocycles. The number of amides is 1. The van der Waals surface area contributed by atoms with Gasteiger partial charge in [-0.05, 0) is 29.9 Å². The molecule has 2 N–H and O–H groups in total. The minimum absolute atomic E-state index is 0.314. The van der Waals surface area contributed by atoms with E-state index >= 15 is 0 Å². The molecule has 0 heterocycles. The molecule has 1 atom stereocenters. The molecule has 96 valence electrons. The number of rotatable bonds is 5. The molecule has 1 saturated carbocycles. The van der Waals surface area contributed by atoms with E-state index in [2.05, 4.69) is 11.4 Å². The highest BCUT2D eigenvalue weighted by Crippen LogP contribution is 2.41. The van der Waals surface area contributed by atoms with Crippen molar-refractivity contribution in [3.63, 3.8) is 0 Å². The summed E-state index contributed by atoms with van der Waals surface area (Å²) >= 11 is 0. The van der Waals surface area contributed by atoms with Gasteiger partial charge < -0.3 is 10.4 Å². The molecule has 0 bridgehead atoms. The fourth-order valence-corrected chi connectivity index (χ4v) is 2.18. The number of nitrogens with one attached hydrogen (secondary N) is 1. The third-order valence-electron chi connectivity index (χ3n) is 3.17. The summed E-state index contributed by atoms with van der Waals surface area (Å²) < 4.78 is 0. The van der Waals surface area contributed by atoms with Crippen LogP contribution in [-0.4, -0.2) is 23.0 Å². The van der Waals surface area contributed by atoms with Crippen LogP contribution >= 0.6 is 0 Å². The van der Waals surface area contributed by atoms with Gasteiger partial charge in [0.25, 0.3) is 0 Å². The highest BCUT2D eigenvalue weighted by Gasteiger charge is 2.27. The van der Waals surface area contributed by atoms with Crippen LogP contribution in [-0.2, 0) is 16.0 Å². The molecular weight excluding hydrogens is 230 g/mol. The Balaban J connectivity index is 2.15. The van der Waals surface area contributed by atoms with Crippen molar-refractivity contribution in [1.29, 1.82) is 0 Å². The summed E-state index contributed by atoms with van der Waals surface area (Å²) in [5.74, 6) is -0.727. The van der Waals surface area contributed by atoms with E-state index in [1.165, 1.54) is 25.3 Å². The molecule has 18 heavy (non-hydrogen) atoms. The maximum atomic E-state index is 11.1. The molecule has 0 saturated heterocycles. The molecule has 4 nitrogen and oxygen atoms in total. The lowest BCUT2D eigenvalue weighted by Gasteiger charge is -2.15. The summed E-state index contributed by atoms with van der Waals surface area (Å²) in [5, 5.41) is 11.6. The van der Waals surface area contributed by atoms with Gasteiger partial charge in [0.15, 0.2) is 0 Å². The van der Waals surface area contributed by atoms with Crippen molar-refractivity contribution in [2.75, 3.05) is 0 Å². The fraction of sp³-hybridized carbons (Fsp3) is 0.429. The summed E-state index contributed by atoms with van der Waals surface area (Å²) in [4.78, 5) is 22.1. The minimum Gasteiger partial charge on any atom is -0.480 e. The number of aliphatic carboxylic acids is 1. The van der Waals surface area contributed by atoms with Gasteiger partial charge in [0.05, 0.1) is 0 Å². The Morgan fingerprint density at radius 2 is 2.06 bits per heavy atom. The van der Waals surface area contributed by atoms with E-state index in [1.54, 1.807) is 0 Å². The normalized spacial score (nSPS) is 16.1. The summed E-state index contributed by atoms with van der Waals surface area (Å²) in [5.41, 5.74) is 2.26. The number of hydrogen-bond donors (Lipinski definition) is 2. The average Bonchev–Trinajstić information content (AvgIpc) is 3.12. The maximum Gasteiger partial charge on any atom is 0.326 e. The quantitative estimate of drug-likeness (QED) is 0.832. The Bertz CT molecular complexity index is 466. The summed E-state index contributed by atoms with van der Waals surface area (Å²) in [6.07, 6.45) is 2.70. The van der Waals surface area contributed by atoms with Crippen LogP contribution in [0.4, 0.5) is 0 Å². The number of carboxylic acids is 1. The van der Waals surface area contributed by atoms with E-state index in [1.807, 2.05) is 18.2 Å².